The molecule has 1 aliphatic rings. The van der Waals surface area contributed by atoms with Crippen LogP contribution < -0.4 is 0 Å². The van der Waals surface area contributed by atoms with Crippen LogP contribution in [0.2, 0.25) is 0 Å². The summed E-state index contributed by atoms with van der Waals surface area (Å²) in [5.41, 5.74) is 0. The number of nitrogens with zero attached hydrogens (tertiary/aromatic N) is 2. The van der Waals surface area contributed by atoms with Crippen LogP contribution in [0, 0.1) is 17.2 Å². The normalized spacial score (nSPS) is 18.9. The topological polar surface area (TPSA) is 27.0 Å². The standard InChI is InChI=1S/C11H13BrN2S/c12-11-2-1-10(15-11)8-14-5-3-9(7-13)4-6-14/h1-2,9H,3-6,8H2. The minimum atomic E-state index is 0.288. The molecule has 0 radical (unpaired) electrons. The third-order valence-electron chi connectivity index (χ3n) is 2.78. The number of thiophene rings is 1. The van der Waals surface area contributed by atoms with Gasteiger partial charge in [-0.15, -0.1) is 11.3 Å². The predicted octanol–water partition coefficient (Wildman–Crippen LogP) is 3.25. The van der Waals surface area contributed by atoms with E-state index >= 15 is 0 Å². The van der Waals surface area contributed by atoms with Crippen LogP contribution in [0.4, 0.5) is 0 Å². The Bertz CT molecular complexity index is 361. The summed E-state index contributed by atoms with van der Waals surface area (Å²) in [5, 5.41) is 8.80. The maximum atomic E-state index is 8.80. The lowest BCUT2D eigenvalue weighted by atomic mass is 9.99. The Morgan fingerprint density at radius 2 is 2.20 bits per heavy atom. The third kappa shape index (κ3) is 3.04. The lowest BCUT2D eigenvalue weighted by molar-refractivity contribution is 0.199. The second kappa shape index (κ2) is 5.11. The molecule has 0 N–H and O–H groups in total. The first-order chi connectivity index (χ1) is 7.28. The van der Waals surface area contributed by atoms with Crippen molar-refractivity contribution in [3.05, 3.63) is 20.8 Å². The molecule has 0 amide bonds. The SMILES string of the molecule is N#CC1CCN(Cc2ccc(Br)s2)CC1. The molecule has 80 valence electrons. The highest BCUT2D eigenvalue weighted by atomic mass is 79.9. The largest absolute Gasteiger partial charge is 0.298 e. The smallest absolute Gasteiger partial charge is 0.0701 e. The zero-order valence-corrected chi connectivity index (χ0v) is 10.9. The van der Waals surface area contributed by atoms with Crippen LogP contribution in [-0.2, 0) is 6.54 Å². The second-order valence-electron chi connectivity index (χ2n) is 3.89. The molecule has 0 aromatic carbocycles. The first kappa shape index (κ1) is 11.1. The molecule has 1 aromatic heterocycles. The Morgan fingerprint density at radius 1 is 1.47 bits per heavy atom. The fourth-order valence-corrected chi connectivity index (χ4v) is 3.40. The molecule has 4 heteroatoms. The molecule has 2 heterocycles. The van der Waals surface area contributed by atoms with Crippen molar-refractivity contribution in [2.45, 2.75) is 19.4 Å². The van der Waals surface area contributed by atoms with Gasteiger partial charge in [0, 0.05) is 17.3 Å². The van der Waals surface area contributed by atoms with Crippen LogP contribution >= 0.6 is 27.3 Å². The molecule has 0 unspecified atom stereocenters. The number of nitriles is 1. The molecule has 15 heavy (non-hydrogen) atoms. The Labute approximate surface area is 103 Å². The van der Waals surface area contributed by atoms with Crippen LogP contribution in [0.15, 0.2) is 15.9 Å². The van der Waals surface area contributed by atoms with Crippen LogP contribution in [0.1, 0.15) is 17.7 Å². The Kier molecular flexibility index (Phi) is 3.79. The van der Waals surface area contributed by atoms with E-state index in [1.807, 2.05) is 0 Å². The molecule has 2 rings (SSSR count). The van der Waals surface area contributed by atoms with E-state index in [4.69, 9.17) is 5.26 Å². The summed E-state index contributed by atoms with van der Waals surface area (Å²) < 4.78 is 1.20. The van der Waals surface area contributed by atoms with Gasteiger partial charge >= 0.3 is 0 Å². The van der Waals surface area contributed by atoms with Gasteiger partial charge in [-0.05, 0) is 54.0 Å². The minimum Gasteiger partial charge on any atom is -0.298 e. The molecule has 1 saturated heterocycles. The van der Waals surface area contributed by atoms with Gasteiger partial charge in [0.15, 0.2) is 0 Å². The van der Waals surface area contributed by atoms with Crippen molar-refractivity contribution in [2.75, 3.05) is 13.1 Å². The van der Waals surface area contributed by atoms with Gasteiger partial charge in [-0.1, -0.05) is 0 Å². The Balaban J connectivity index is 1.85. The Hall–Kier alpha value is -0.370. The minimum absolute atomic E-state index is 0.288. The highest BCUT2D eigenvalue weighted by Gasteiger charge is 2.18. The number of piperidine rings is 1. The van der Waals surface area contributed by atoms with Crippen LogP contribution in [0.3, 0.4) is 0 Å². The van der Waals surface area contributed by atoms with Crippen molar-refractivity contribution in [3.8, 4) is 6.07 Å². The van der Waals surface area contributed by atoms with Gasteiger partial charge in [0.2, 0.25) is 0 Å². The molecule has 0 bridgehead atoms. The molecule has 1 aliphatic heterocycles. The number of hydrogen-bond donors (Lipinski definition) is 0. The molecule has 0 saturated carbocycles. The van der Waals surface area contributed by atoms with E-state index in [0.717, 1.165) is 32.5 Å². The van der Waals surface area contributed by atoms with E-state index in [0.29, 0.717) is 0 Å². The summed E-state index contributed by atoms with van der Waals surface area (Å²) in [4.78, 5) is 3.84. The number of rotatable bonds is 2. The van der Waals surface area contributed by atoms with Gasteiger partial charge in [0.1, 0.15) is 0 Å². The summed E-state index contributed by atoms with van der Waals surface area (Å²) >= 11 is 5.27. The van der Waals surface area contributed by atoms with Gasteiger partial charge in [0.05, 0.1) is 9.86 Å². The van der Waals surface area contributed by atoms with E-state index in [1.165, 1.54) is 8.66 Å². The second-order valence-corrected chi connectivity index (χ2v) is 6.43. The molecule has 0 spiro atoms. The summed E-state index contributed by atoms with van der Waals surface area (Å²) in [6, 6.07) is 6.63. The fourth-order valence-electron chi connectivity index (χ4n) is 1.88. The van der Waals surface area contributed by atoms with Gasteiger partial charge in [-0.2, -0.15) is 5.26 Å². The average molecular weight is 285 g/mol. The zero-order valence-electron chi connectivity index (χ0n) is 8.45. The molecule has 1 fully saturated rings. The van der Waals surface area contributed by atoms with Crippen LogP contribution in [0.25, 0.3) is 0 Å². The summed E-state index contributed by atoms with van der Waals surface area (Å²) in [7, 11) is 0. The third-order valence-corrected chi connectivity index (χ3v) is 4.39. The van der Waals surface area contributed by atoms with Gasteiger partial charge < -0.3 is 0 Å². The monoisotopic (exact) mass is 284 g/mol. The van der Waals surface area contributed by atoms with Crippen LogP contribution in [-0.4, -0.2) is 18.0 Å². The molecular formula is C11H13BrN2S. The van der Waals surface area contributed by atoms with Crippen molar-refractivity contribution >= 4 is 27.3 Å². The summed E-state index contributed by atoms with van der Waals surface area (Å²) in [5.74, 6) is 0.288. The van der Waals surface area contributed by atoms with E-state index in [1.54, 1.807) is 11.3 Å². The summed E-state index contributed by atoms with van der Waals surface area (Å²) in [6.07, 6.45) is 2.06. The molecule has 2 nitrogen and oxygen atoms in total. The quantitative estimate of drug-likeness (QED) is 0.834. The lowest BCUT2D eigenvalue weighted by Gasteiger charge is -2.28. The maximum absolute atomic E-state index is 8.80. The van der Waals surface area contributed by atoms with Gasteiger partial charge in [0.25, 0.3) is 0 Å². The van der Waals surface area contributed by atoms with E-state index in [9.17, 15) is 0 Å². The zero-order chi connectivity index (χ0) is 10.7. The first-order valence-corrected chi connectivity index (χ1v) is 6.75. The maximum Gasteiger partial charge on any atom is 0.0701 e. The molecule has 1 aromatic rings. The number of hydrogen-bond acceptors (Lipinski definition) is 3. The molecule has 0 atom stereocenters. The number of halogens is 1. The van der Waals surface area contributed by atoms with Gasteiger partial charge in [-0.3, -0.25) is 4.90 Å². The highest BCUT2D eigenvalue weighted by Crippen LogP contribution is 2.25. The van der Waals surface area contributed by atoms with Crippen molar-refractivity contribution in [3.63, 3.8) is 0 Å². The van der Waals surface area contributed by atoms with Crippen molar-refractivity contribution in [1.29, 1.82) is 5.26 Å². The molecule has 0 aliphatic carbocycles. The van der Waals surface area contributed by atoms with E-state index < -0.39 is 0 Å². The molecular weight excluding hydrogens is 272 g/mol. The average Bonchev–Trinajstić information content (AvgIpc) is 2.65. The van der Waals surface area contributed by atoms with Crippen molar-refractivity contribution in [1.82, 2.24) is 4.90 Å². The highest BCUT2D eigenvalue weighted by molar-refractivity contribution is 9.11. The Morgan fingerprint density at radius 3 is 2.73 bits per heavy atom. The first-order valence-electron chi connectivity index (χ1n) is 5.14. The summed E-state index contributed by atoms with van der Waals surface area (Å²) in [6.45, 7) is 3.16. The number of likely N-dealkylation sites (tertiary alicyclic amines) is 1. The van der Waals surface area contributed by atoms with Crippen molar-refractivity contribution in [2.24, 2.45) is 5.92 Å². The van der Waals surface area contributed by atoms with E-state index in [2.05, 4.69) is 39.0 Å². The fraction of sp³-hybridized carbons (Fsp3) is 0.545. The van der Waals surface area contributed by atoms with Gasteiger partial charge in [-0.25, -0.2) is 0 Å². The van der Waals surface area contributed by atoms with Crippen molar-refractivity contribution < 1.29 is 0 Å². The predicted molar refractivity (Wildman–Crippen MR) is 65.6 cm³/mol. The lowest BCUT2D eigenvalue weighted by Crippen LogP contribution is -2.32. The van der Waals surface area contributed by atoms with E-state index in [-0.39, 0.29) is 5.92 Å². The van der Waals surface area contributed by atoms with Crippen LogP contribution in [0.5, 0.6) is 0 Å².